The molecular formula is C15H24N. The monoisotopic (exact) mass is 218 g/mol. The highest BCUT2D eigenvalue weighted by Gasteiger charge is 1.98. The molecule has 0 aliphatic rings. The first-order chi connectivity index (χ1) is 7.86. The van der Waals surface area contributed by atoms with Crippen molar-refractivity contribution in [1.29, 1.82) is 0 Å². The van der Waals surface area contributed by atoms with E-state index in [9.17, 15) is 0 Å². The highest BCUT2D eigenvalue weighted by Crippen LogP contribution is 2.08. The fourth-order valence-electron chi connectivity index (χ4n) is 1.85. The maximum Gasteiger partial charge on any atom is 0.0413 e. The Kier molecular flexibility index (Phi) is 6.87. The third-order valence-corrected chi connectivity index (χ3v) is 2.86. The molecule has 0 atom stereocenters. The molecule has 0 saturated carbocycles. The van der Waals surface area contributed by atoms with Gasteiger partial charge in [0.05, 0.1) is 0 Å². The third-order valence-electron chi connectivity index (χ3n) is 2.86. The molecule has 1 heteroatoms. The largest absolute Gasteiger partial charge is 0.258 e. The first-order valence-corrected chi connectivity index (χ1v) is 6.72. The van der Waals surface area contributed by atoms with Crippen molar-refractivity contribution in [3.8, 4) is 0 Å². The highest BCUT2D eigenvalue weighted by molar-refractivity contribution is 5.10. The van der Waals surface area contributed by atoms with Gasteiger partial charge in [-0.2, -0.15) is 0 Å². The van der Waals surface area contributed by atoms with Crippen LogP contribution >= 0.6 is 0 Å². The van der Waals surface area contributed by atoms with Crippen LogP contribution in [0.15, 0.2) is 12.1 Å². The number of unbranched alkanes of at least 4 members (excludes halogenated alkanes) is 4. The number of aryl methyl sites for hydroxylation is 2. The molecule has 0 aromatic carbocycles. The van der Waals surface area contributed by atoms with Crippen LogP contribution in [-0.2, 0) is 12.8 Å². The van der Waals surface area contributed by atoms with Crippen molar-refractivity contribution >= 4 is 0 Å². The lowest BCUT2D eigenvalue weighted by molar-refractivity contribution is 0.688. The second-order valence-electron chi connectivity index (χ2n) is 4.46. The quantitative estimate of drug-likeness (QED) is 0.591. The van der Waals surface area contributed by atoms with E-state index in [-0.39, 0.29) is 0 Å². The van der Waals surface area contributed by atoms with Gasteiger partial charge in [0.1, 0.15) is 0 Å². The Morgan fingerprint density at radius 3 is 1.81 bits per heavy atom. The number of pyridine rings is 1. The van der Waals surface area contributed by atoms with Crippen LogP contribution in [0.3, 0.4) is 0 Å². The zero-order chi connectivity index (χ0) is 11.6. The lowest BCUT2D eigenvalue weighted by Gasteiger charge is -2.03. The van der Waals surface area contributed by atoms with Crippen molar-refractivity contribution in [2.24, 2.45) is 0 Å². The molecule has 0 saturated heterocycles. The van der Waals surface area contributed by atoms with E-state index in [0.29, 0.717) is 0 Å². The standard InChI is InChI=1S/C15H24N/c1-3-5-7-10-14-12-9-13-15(16-14)11-8-6-4-2/h12-13H,3-8,10-11H2,1-2H3. The topological polar surface area (TPSA) is 12.9 Å². The number of nitrogens with zero attached hydrogens (tertiary/aromatic N) is 1. The van der Waals surface area contributed by atoms with Gasteiger partial charge in [0.15, 0.2) is 0 Å². The second-order valence-corrected chi connectivity index (χ2v) is 4.46. The van der Waals surface area contributed by atoms with Crippen molar-refractivity contribution in [3.05, 3.63) is 29.6 Å². The molecule has 0 amide bonds. The molecule has 1 nitrogen and oxygen atoms in total. The third kappa shape index (κ3) is 5.29. The summed E-state index contributed by atoms with van der Waals surface area (Å²) in [5, 5.41) is 0. The molecular weight excluding hydrogens is 194 g/mol. The zero-order valence-corrected chi connectivity index (χ0v) is 10.8. The van der Waals surface area contributed by atoms with Crippen LogP contribution in [0.25, 0.3) is 0 Å². The normalized spacial score (nSPS) is 10.6. The van der Waals surface area contributed by atoms with Crippen LogP contribution in [0, 0.1) is 6.07 Å². The number of hydrogen-bond acceptors (Lipinski definition) is 1. The van der Waals surface area contributed by atoms with Gasteiger partial charge >= 0.3 is 0 Å². The van der Waals surface area contributed by atoms with Gasteiger partial charge in [-0.25, -0.2) is 0 Å². The fourth-order valence-corrected chi connectivity index (χ4v) is 1.85. The van der Waals surface area contributed by atoms with Crippen molar-refractivity contribution in [2.75, 3.05) is 0 Å². The van der Waals surface area contributed by atoms with Crippen molar-refractivity contribution in [3.63, 3.8) is 0 Å². The Hall–Kier alpha value is -0.850. The molecule has 0 bridgehead atoms. The van der Waals surface area contributed by atoms with E-state index in [1.165, 1.54) is 49.9 Å². The summed E-state index contributed by atoms with van der Waals surface area (Å²) >= 11 is 0. The van der Waals surface area contributed by atoms with E-state index >= 15 is 0 Å². The van der Waals surface area contributed by atoms with Gasteiger partial charge in [0, 0.05) is 11.4 Å². The number of aromatic nitrogens is 1. The Morgan fingerprint density at radius 1 is 0.875 bits per heavy atom. The Morgan fingerprint density at radius 2 is 1.38 bits per heavy atom. The zero-order valence-electron chi connectivity index (χ0n) is 10.8. The van der Waals surface area contributed by atoms with Crippen LogP contribution in [0.2, 0.25) is 0 Å². The molecule has 1 radical (unpaired) electrons. The van der Waals surface area contributed by atoms with Gasteiger partial charge in [0.2, 0.25) is 0 Å². The fraction of sp³-hybridized carbons (Fsp3) is 0.667. The van der Waals surface area contributed by atoms with E-state index in [1.54, 1.807) is 0 Å². The minimum Gasteiger partial charge on any atom is -0.258 e. The Balaban J connectivity index is 2.37. The first-order valence-electron chi connectivity index (χ1n) is 6.72. The lowest BCUT2D eigenvalue weighted by atomic mass is 10.1. The van der Waals surface area contributed by atoms with Crippen LogP contribution < -0.4 is 0 Å². The van der Waals surface area contributed by atoms with Crippen LogP contribution in [0.5, 0.6) is 0 Å². The molecule has 0 spiro atoms. The van der Waals surface area contributed by atoms with Gasteiger partial charge in [0.25, 0.3) is 0 Å². The Labute approximate surface area is 100 Å². The molecule has 1 aromatic heterocycles. The summed E-state index contributed by atoms with van der Waals surface area (Å²) in [6, 6.07) is 7.30. The molecule has 89 valence electrons. The van der Waals surface area contributed by atoms with E-state index in [1.807, 2.05) is 12.1 Å². The minimum atomic E-state index is 1.12. The van der Waals surface area contributed by atoms with Crippen molar-refractivity contribution in [2.45, 2.75) is 65.2 Å². The van der Waals surface area contributed by atoms with Crippen LogP contribution in [0.4, 0.5) is 0 Å². The molecule has 1 aromatic rings. The van der Waals surface area contributed by atoms with Gasteiger partial charge in [-0.3, -0.25) is 4.98 Å². The summed E-state index contributed by atoms with van der Waals surface area (Å²) in [6.07, 6.45) is 9.92. The molecule has 0 aliphatic heterocycles. The second kappa shape index (κ2) is 8.32. The number of hydrogen-bond donors (Lipinski definition) is 0. The van der Waals surface area contributed by atoms with Crippen molar-refractivity contribution in [1.82, 2.24) is 4.98 Å². The molecule has 0 unspecified atom stereocenters. The van der Waals surface area contributed by atoms with Crippen LogP contribution in [-0.4, -0.2) is 4.98 Å². The predicted molar refractivity (Wildman–Crippen MR) is 69.5 cm³/mol. The first kappa shape index (κ1) is 13.2. The van der Waals surface area contributed by atoms with Gasteiger partial charge in [-0.05, 0) is 43.9 Å². The van der Waals surface area contributed by atoms with Gasteiger partial charge in [-0.15, -0.1) is 0 Å². The minimum absolute atomic E-state index is 1.12. The average Bonchev–Trinajstić information content (AvgIpc) is 2.30. The van der Waals surface area contributed by atoms with Gasteiger partial charge in [-0.1, -0.05) is 39.5 Å². The summed E-state index contributed by atoms with van der Waals surface area (Å²) < 4.78 is 0. The Bertz CT molecular complexity index is 255. The summed E-state index contributed by atoms with van der Waals surface area (Å²) in [5.41, 5.74) is 2.45. The molecule has 0 fully saturated rings. The lowest BCUT2D eigenvalue weighted by Crippen LogP contribution is -1.96. The molecule has 16 heavy (non-hydrogen) atoms. The highest BCUT2D eigenvalue weighted by atomic mass is 14.7. The maximum atomic E-state index is 4.69. The van der Waals surface area contributed by atoms with Crippen molar-refractivity contribution < 1.29 is 0 Å². The van der Waals surface area contributed by atoms with E-state index < -0.39 is 0 Å². The van der Waals surface area contributed by atoms with Gasteiger partial charge < -0.3 is 0 Å². The molecule has 1 rings (SSSR count). The van der Waals surface area contributed by atoms with E-state index in [4.69, 9.17) is 0 Å². The average molecular weight is 218 g/mol. The van der Waals surface area contributed by atoms with E-state index in [2.05, 4.69) is 24.9 Å². The summed E-state index contributed by atoms with van der Waals surface area (Å²) in [5.74, 6) is 0. The van der Waals surface area contributed by atoms with E-state index in [0.717, 1.165) is 12.8 Å². The smallest absolute Gasteiger partial charge is 0.0413 e. The molecule has 0 aliphatic carbocycles. The summed E-state index contributed by atoms with van der Waals surface area (Å²) in [6.45, 7) is 4.47. The summed E-state index contributed by atoms with van der Waals surface area (Å²) in [7, 11) is 0. The van der Waals surface area contributed by atoms with Crippen LogP contribution in [0.1, 0.15) is 63.8 Å². The molecule has 1 heterocycles. The summed E-state index contributed by atoms with van der Waals surface area (Å²) in [4.78, 5) is 4.69. The number of rotatable bonds is 8. The SMILES string of the molecule is CCCCCc1c[c]cc(CCCCC)n1. The molecule has 0 N–H and O–H groups in total. The maximum absolute atomic E-state index is 4.69. The predicted octanol–water partition coefficient (Wildman–Crippen LogP) is 4.35.